The molecule has 0 saturated carbocycles. The summed E-state index contributed by atoms with van der Waals surface area (Å²) in [6.45, 7) is 7.60. The molecule has 31 heavy (non-hydrogen) atoms. The average molecular weight is 439 g/mol. The lowest BCUT2D eigenvalue weighted by molar-refractivity contribution is -0.132. The van der Waals surface area contributed by atoms with Crippen LogP contribution in [-0.4, -0.2) is 46.7 Å². The Labute approximate surface area is 178 Å². The first-order valence-electron chi connectivity index (χ1n) is 9.52. The molecule has 168 valence electrons. The van der Waals surface area contributed by atoms with Crippen molar-refractivity contribution in [2.24, 2.45) is 0 Å². The van der Waals surface area contributed by atoms with E-state index in [0.29, 0.717) is 24.9 Å². The average Bonchev–Trinajstić information content (AvgIpc) is 3.20. The second-order valence-electron chi connectivity index (χ2n) is 6.19. The van der Waals surface area contributed by atoms with Gasteiger partial charge in [0.25, 0.3) is 5.91 Å². The minimum absolute atomic E-state index is 0.127. The van der Waals surface area contributed by atoms with Gasteiger partial charge < -0.3 is 9.47 Å². The van der Waals surface area contributed by atoms with Gasteiger partial charge in [-0.15, -0.1) is 6.58 Å². The standard InChI is InChI=1S/C21H24F3N3O4/c1-4-11-31-27(5-2)20(28)17-12-25-26(14-17)13-16-7-9-18(10-8-16)30-15-19(29-6-3)21(22,23)24/h4,7-10,12,14-15H,1,5-6,11,13H2,2-3H3/b19-15-. The molecular formula is C21H24F3N3O4. The molecule has 1 aromatic carbocycles. The highest BCUT2D eigenvalue weighted by molar-refractivity contribution is 5.93. The minimum atomic E-state index is -4.63. The second kappa shape index (κ2) is 11.2. The molecule has 7 nitrogen and oxygen atoms in total. The number of benzene rings is 1. The summed E-state index contributed by atoms with van der Waals surface area (Å²) in [7, 11) is 0. The summed E-state index contributed by atoms with van der Waals surface area (Å²) in [5.41, 5.74) is 1.18. The number of hydrogen-bond acceptors (Lipinski definition) is 5. The molecule has 1 amide bonds. The van der Waals surface area contributed by atoms with E-state index < -0.39 is 11.9 Å². The number of allylic oxidation sites excluding steroid dienone is 1. The summed E-state index contributed by atoms with van der Waals surface area (Å²) in [4.78, 5) is 17.7. The molecular weight excluding hydrogens is 415 g/mol. The number of ether oxygens (including phenoxy) is 2. The van der Waals surface area contributed by atoms with Crippen molar-refractivity contribution in [2.45, 2.75) is 26.6 Å². The van der Waals surface area contributed by atoms with Gasteiger partial charge >= 0.3 is 6.18 Å². The number of aromatic nitrogens is 2. The number of hydroxylamine groups is 2. The van der Waals surface area contributed by atoms with Crippen LogP contribution in [0, 0.1) is 0 Å². The summed E-state index contributed by atoms with van der Waals surface area (Å²) in [5, 5.41) is 5.39. The normalized spacial score (nSPS) is 11.8. The van der Waals surface area contributed by atoms with Gasteiger partial charge in [-0.05, 0) is 31.5 Å². The van der Waals surface area contributed by atoms with E-state index in [9.17, 15) is 18.0 Å². The fourth-order valence-electron chi connectivity index (χ4n) is 2.46. The largest absolute Gasteiger partial charge is 0.487 e. The maximum absolute atomic E-state index is 12.8. The number of halogens is 3. The molecule has 0 radical (unpaired) electrons. The molecule has 2 rings (SSSR count). The number of carbonyl (C=O) groups is 1. The predicted octanol–water partition coefficient (Wildman–Crippen LogP) is 4.33. The molecule has 2 aromatic rings. The first-order valence-corrected chi connectivity index (χ1v) is 9.52. The van der Waals surface area contributed by atoms with Crippen LogP contribution in [0.2, 0.25) is 0 Å². The van der Waals surface area contributed by atoms with Crippen molar-refractivity contribution in [1.29, 1.82) is 0 Å². The predicted molar refractivity (Wildman–Crippen MR) is 107 cm³/mol. The van der Waals surface area contributed by atoms with E-state index in [4.69, 9.17) is 9.57 Å². The Hall–Kier alpha value is -3.27. The maximum atomic E-state index is 12.8. The van der Waals surface area contributed by atoms with Crippen LogP contribution in [0.5, 0.6) is 5.75 Å². The van der Waals surface area contributed by atoms with E-state index >= 15 is 0 Å². The summed E-state index contributed by atoms with van der Waals surface area (Å²) in [6, 6.07) is 6.43. The smallest absolute Gasteiger partial charge is 0.452 e. The van der Waals surface area contributed by atoms with Crippen molar-refractivity contribution in [1.82, 2.24) is 14.8 Å². The van der Waals surface area contributed by atoms with E-state index in [-0.39, 0.29) is 24.9 Å². The molecule has 0 bridgehead atoms. The SMILES string of the molecule is C=CCON(CC)C(=O)c1cnn(Cc2ccc(O/C=C(\OCC)C(F)(F)F)cc2)c1. The van der Waals surface area contributed by atoms with Gasteiger partial charge in [0.15, 0.2) is 0 Å². The van der Waals surface area contributed by atoms with Crippen molar-refractivity contribution in [3.05, 3.63) is 72.5 Å². The van der Waals surface area contributed by atoms with Crippen LogP contribution < -0.4 is 4.74 Å². The number of amides is 1. The van der Waals surface area contributed by atoms with Gasteiger partial charge in [-0.2, -0.15) is 18.3 Å². The van der Waals surface area contributed by atoms with Gasteiger partial charge in [0.05, 0.1) is 31.5 Å². The summed E-state index contributed by atoms with van der Waals surface area (Å²) >= 11 is 0. The molecule has 0 atom stereocenters. The van der Waals surface area contributed by atoms with Crippen LogP contribution in [0.4, 0.5) is 13.2 Å². The third-order valence-electron chi connectivity index (χ3n) is 3.89. The molecule has 0 aliphatic heterocycles. The van der Waals surface area contributed by atoms with Gasteiger partial charge in [-0.1, -0.05) is 18.2 Å². The van der Waals surface area contributed by atoms with Crippen LogP contribution >= 0.6 is 0 Å². The molecule has 1 aromatic heterocycles. The molecule has 10 heteroatoms. The second-order valence-corrected chi connectivity index (χ2v) is 6.19. The van der Waals surface area contributed by atoms with Crippen molar-refractivity contribution in [2.75, 3.05) is 19.8 Å². The molecule has 0 aliphatic carbocycles. The number of alkyl halides is 3. The van der Waals surface area contributed by atoms with Crippen LogP contribution in [0.1, 0.15) is 29.8 Å². The Kier molecular flexibility index (Phi) is 8.68. The molecule has 0 fully saturated rings. The lowest BCUT2D eigenvalue weighted by Crippen LogP contribution is -2.30. The van der Waals surface area contributed by atoms with Gasteiger partial charge in [-0.25, -0.2) is 5.06 Å². The number of rotatable bonds is 11. The zero-order valence-corrected chi connectivity index (χ0v) is 17.3. The van der Waals surface area contributed by atoms with E-state index in [1.54, 1.807) is 36.0 Å². The van der Waals surface area contributed by atoms with Gasteiger partial charge in [0.1, 0.15) is 12.0 Å². The first kappa shape index (κ1) is 24.0. The van der Waals surface area contributed by atoms with Gasteiger partial charge in [0, 0.05) is 12.7 Å². The third-order valence-corrected chi connectivity index (χ3v) is 3.89. The highest BCUT2D eigenvalue weighted by Crippen LogP contribution is 2.27. The zero-order valence-electron chi connectivity index (χ0n) is 17.3. The fourth-order valence-corrected chi connectivity index (χ4v) is 2.46. The van der Waals surface area contributed by atoms with Crippen molar-refractivity contribution >= 4 is 5.91 Å². The first-order chi connectivity index (χ1) is 14.8. The Morgan fingerprint density at radius 2 is 1.97 bits per heavy atom. The van der Waals surface area contributed by atoms with Crippen molar-refractivity contribution in [3.63, 3.8) is 0 Å². The lowest BCUT2D eigenvalue weighted by Gasteiger charge is -2.18. The van der Waals surface area contributed by atoms with E-state index in [0.717, 1.165) is 5.56 Å². The summed E-state index contributed by atoms with van der Waals surface area (Å²) < 4.78 is 49.5. The molecule has 0 unspecified atom stereocenters. The van der Waals surface area contributed by atoms with Gasteiger partial charge in [-0.3, -0.25) is 14.3 Å². The molecule has 0 saturated heterocycles. The Morgan fingerprint density at radius 1 is 1.26 bits per heavy atom. The minimum Gasteiger partial charge on any atom is -0.487 e. The molecule has 0 spiro atoms. The molecule has 0 aliphatic rings. The maximum Gasteiger partial charge on any atom is 0.452 e. The van der Waals surface area contributed by atoms with Crippen LogP contribution in [0.3, 0.4) is 0 Å². The number of carbonyl (C=O) groups excluding carboxylic acids is 1. The Morgan fingerprint density at radius 3 is 2.55 bits per heavy atom. The summed E-state index contributed by atoms with van der Waals surface area (Å²) in [5.74, 6) is -1.30. The number of hydrogen-bond donors (Lipinski definition) is 0. The monoisotopic (exact) mass is 439 g/mol. The summed E-state index contributed by atoms with van der Waals surface area (Å²) in [6.07, 6.45) is 0.487. The lowest BCUT2D eigenvalue weighted by atomic mass is 10.2. The van der Waals surface area contributed by atoms with Crippen molar-refractivity contribution in [3.8, 4) is 5.75 Å². The quantitative estimate of drug-likeness (QED) is 0.296. The third kappa shape index (κ3) is 7.18. The van der Waals surface area contributed by atoms with E-state index in [1.165, 1.54) is 30.3 Å². The van der Waals surface area contributed by atoms with Crippen LogP contribution in [-0.2, 0) is 16.1 Å². The topological polar surface area (TPSA) is 65.8 Å². The van der Waals surface area contributed by atoms with E-state index in [1.807, 2.05) is 0 Å². The Bertz CT molecular complexity index is 892. The van der Waals surface area contributed by atoms with Crippen LogP contribution in [0.25, 0.3) is 0 Å². The van der Waals surface area contributed by atoms with E-state index in [2.05, 4.69) is 16.4 Å². The van der Waals surface area contributed by atoms with Gasteiger partial charge in [0.2, 0.25) is 5.76 Å². The molecule has 1 heterocycles. The fraction of sp³-hybridized carbons (Fsp3) is 0.333. The Balaban J connectivity index is 2.01. The number of nitrogens with zero attached hydrogens (tertiary/aromatic N) is 3. The van der Waals surface area contributed by atoms with Crippen molar-refractivity contribution < 1.29 is 32.3 Å². The van der Waals surface area contributed by atoms with Crippen LogP contribution in [0.15, 0.2) is 61.3 Å². The molecule has 0 N–H and O–H groups in total. The highest BCUT2D eigenvalue weighted by atomic mass is 19.4. The highest BCUT2D eigenvalue weighted by Gasteiger charge is 2.36. The zero-order chi connectivity index (χ0) is 22.9.